The minimum absolute atomic E-state index is 0.137. The maximum Gasteiger partial charge on any atom is 0.147 e. The van der Waals surface area contributed by atoms with E-state index in [4.69, 9.17) is 28.3 Å². The van der Waals surface area contributed by atoms with Gasteiger partial charge in [-0.1, -0.05) is 23.2 Å². The summed E-state index contributed by atoms with van der Waals surface area (Å²) in [5.41, 5.74) is 0. The molecule has 0 radical (unpaired) electrons. The van der Waals surface area contributed by atoms with Crippen molar-refractivity contribution in [3.63, 3.8) is 0 Å². The second-order valence-electron chi connectivity index (χ2n) is 3.18. The summed E-state index contributed by atoms with van der Waals surface area (Å²) in [7, 11) is 0. The molecule has 16 heavy (non-hydrogen) atoms. The van der Waals surface area contributed by atoms with Crippen LogP contribution in [0.3, 0.4) is 0 Å². The van der Waals surface area contributed by atoms with E-state index in [1.807, 2.05) is 6.92 Å². The second-order valence-corrected chi connectivity index (χ2v) is 4.00. The van der Waals surface area contributed by atoms with Gasteiger partial charge >= 0.3 is 0 Å². The van der Waals surface area contributed by atoms with Crippen LogP contribution in [0.2, 0.25) is 10.0 Å². The lowest BCUT2D eigenvalue weighted by atomic mass is 10.4. The van der Waals surface area contributed by atoms with Gasteiger partial charge in [0, 0.05) is 19.7 Å². The van der Waals surface area contributed by atoms with Crippen LogP contribution in [0.1, 0.15) is 13.3 Å². The van der Waals surface area contributed by atoms with Crippen LogP contribution < -0.4 is 10.6 Å². The Labute approximate surface area is 105 Å². The number of aliphatic hydroxyl groups excluding tert-OH is 1. The van der Waals surface area contributed by atoms with E-state index in [-0.39, 0.29) is 6.61 Å². The Morgan fingerprint density at radius 2 is 1.88 bits per heavy atom. The maximum atomic E-state index is 8.67. The lowest BCUT2D eigenvalue weighted by Crippen LogP contribution is -2.08. The molecule has 0 spiro atoms. The van der Waals surface area contributed by atoms with Gasteiger partial charge in [0.25, 0.3) is 0 Å². The Balaban J connectivity index is 2.78. The number of halogens is 2. The molecule has 1 aromatic rings. The Bertz CT molecular complexity index is 347. The van der Waals surface area contributed by atoms with Crippen LogP contribution in [-0.2, 0) is 0 Å². The molecule has 0 amide bonds. The smallest absolute Gasteiger partial charge is 0.147 e. The number of hydrogen-bond donors (Lipinski definition) is 3. The fourth-order valence-corrected chi connectivity index (χ4v) is 1.66. The Kier molecular flexibility index (Phi) is 5.66. The molecule has 0 bridgehead atoms. The first-order valence-electron chi connectivity index (χ1n) is 5.13. The maximum absolute atomic E-state index is 8.67. The minimum atomic E-state index is 0.137. The number of nitrogens with zero attached hydrogens (tertiary/aromatic N) is 1. The highest BCUT2D eigenvalue weighted by molar-refractivity contribution is 6.37. The van der Waals surface area contributed by atoms with Gasteiger partial charge in [0.15, 0.2) is 0 Å². The Morgan fingerprint density at radius 3 is 2.44 bits per heavy atom. The van der Waals surface area contributed by atoms with Crippen LogP contribution in [0, 0.1) is 0 Å². The van der Waals surface area contributed by atoms with Gasteiger partial charge in [-0.2, -0.15) is 0 Å². The van der Waals surface area contributed by atoms with Crippen molar-refractivity contribution in [2.75, 3.05) is 30.3 Å². The zero-order chi connectivity index (χ0) is 12.0. The average molecular weight is 264 g/mol. The summed E-state index contributed by atoms with van der Waals surface area (Å²) in [5, 5.41) is 15.7. The van der Waals surface area contributed by atoms with Gasteiger partial charge in [-0.25, -0.2) is 4.98 Å². The molecule has 0 aromatic carbocycles. The number of pyridine rings is 1. The Hall–Kier alpha value is -0.710. The van der Waals surface area contributed by atoms with E-state index in [9.17, 15) is 0 Å². The highest BCUT2D eigenvalue weighted by atomic mass is 35.5. The average Bonchev–Trinajstić information content (AvgIpc) is 2.25. The largest absolute Gasteiger partial charge is 0.396 e. The molecule has 1 aromatic heterocycles. The molecule has 1 rings (SSSR count). The summed E-state index contributed by atoms with van der Waals surface area (Å²) < 4.78 is 0. The van der Waals surface area contributed by atoms with Crippen molar-refractivity contribution < 1.29 is 5.11 Å². The number of aromatic nitrogens is 1. The van der Waals surface area contributed by atoms with E-state index in [0.717, 1.165) is 6.54 Å². The van der Waals surface area contributed by atoms with E-state index in [1.54, 1.807) is 6.07 Å². The van der Waals surface area contributed by atoms with Crippen molar-refractivity contribution in [2.24, 2.45) is 0 Å². The summed E-state index contributed by atoms with van der Waals surface area (Å²) in [6.45, 7) is 3.46. The molecule has 0 aliphatic carbocycles. The van der Waals surface area contributed by atoms with Gasteiger partial charge in [0.1, 0.15) is 11.6 Å². The summed E-state index contributed by atoms with van der Waals surface area (Å²) in [5.74, 6) is 1.19. The van der Waals surface area contributed by atoms with Crippen molar-refractivity contribution in [3.05, 3.63) is 16.1 Å². The third-order valence-electron chi connectivity index (χ3n) is 1.90. The highest BCUT2D eigenvalue weighted by Gasteiger charge is 2.08. The van der Waals surface area contributed by atoms with Crippen molar-refractivity contribution in [1.29, 1.82) is 0 Å². The predicted molar refractivity (Wildman–Crippen MR) is 68.6 cm³/mol. The molecule has 0 atom stereocenters. The van der Waals surface area contributed by atoms with Crippen molar-refractivity contribution in [3.8, 4) is 0 Å². The van der Waals surface area contributed by atoms with E-state index in [1.165, 1.54) is 0 Å². The number of rotatable bonds is 6. The number of hydrogen-bond acceptors (Lipinski definition) is 4. The minimum Gasteiger partial charge on any atom is -0.396 e. The standard InChI is InChI=1S/C10H15Cl2N3O/c1-2-13-9-7(11)6-8(12)10(15-9)14-4-3-5-16/h6,16H,2-5H2,1H3,(H2,13,14,15). The first-order valence-corrected chi connectivity index (χ1v) is 5.89. The molecular weight excluding hydrogens is 249 g/mol. The van der Waals surface area contributed by atoms with Crippen molar-refractivity contribution >= 4 is 34.8 Å². The SMILES string of the molecule is CCNc1nc(NCCCO)c(Cl)cc1Cl. The van der Waals surface area contributed by atoms with E-state index >= 15 is 0 Å². The van der Waals surface area contributed by atoms with Crippen LogP contribution in [0.5, 0.6) is 0 Å². The molecule has 1 heterocycles. The fraction of sp³-hybridized carbons (Fsp3) is 0.500. The van der Waals surface area contributed by atoms with Crippen LogP contribution in [0.25, 0.3) is 0 Å². The zero-order valence-corrected chi connectivity index (χ0v) is 10.6. The molecule has 0 saturated carbocycles. The number of nitrogens with one attached hydrogen (secondary N) is 2. The van der Waals surface area contributed by atoms with Crippen LogP contribution in [0.15, 0.2) is 6.07 Å². The molecule has 0 saturated heterocycles. The quantitative estimate of drug-likeness (QED) is 0.691. The first-order chi connectivity index (χ1) is 7.69. The summed E-state index contributed by atoms with van der Waals surface area (Å²) in [6.07, 6.45) is 0.650. The lowest BCUT2D eigenvalue weighted by Gasteiger charge is -2.11. The van der Waals surface area contributed by atoms with Crippen LogP contribution in [-0.4, -0.2) is 29.8 Å². The molecular formula is C10H15Cl2N3O. The van der Waals surface area contributed by atoms with Crippen LogP contribution >= 0.6 is 23.2 Å². The monoisotopic (exact) mass is 263 g/mol. The Morgan fingerprint density at radius 1 is 1.25 bits per heavy atom. The number of anilines is 2. The molecule has 0 aliphatic rings. The van der Waals surface area contributed by atoms with Gasteiger partial charge in [0.2, 0.25) is 0 Å². The molecule has 3 N–H and O–H groups in total. The first kappa shape index (κ1) is 13.4. The van der Waals surface area contributed by atoms with Crippen molar-refractivity contribution in [1.82, 2.24) is 4.98 Å². The third kappa shape index (κ3) is 3.70. The van der Waals surface area contributed by atoms with Gasteiger partial charge in [0.05, 0.1) is 10.0 Å². The van der Waals surface area contributed by atoms with Gasteiger partial charge in [-0.15, -0.1) is 0 Å². The normalized spacial score (nSPS) is 10.2. The topological polar surface area (TPSA) is 57.2 Å². The fourth-order valence-electron chi connectivity index (χ4n) is 1.17. The van der Waals surface area contributed by atoms with Gasteiger partial charge < -0.3 is 15.7 Å². The molecule has 0 aliphatic heterocycles. The predicted octanol–water partition coefficient (Wildman–Crippen LogP) is 2.61. The summed E-state index contributed by atoms with van der Waals surface area (Å²) in [4.78, 5) is 4.27. The van der Waals surface area contributed by atoms with Crippen LogP contribution in [0.4, 0.5) is 11.6 Å². The van der Waals surface area contributed by atoms with E-state index < -0.39 is 0 Å². The second kappa shape index (κ2) is 6.78. The molecule has 90 valence electrons. The third-order valence-corrected chi connectivity index (χ3v) is 2.48. The molecule has 4 nitrogen and oxygen atoms in total. The highest BCUT2D eigenvalue weighted by Crippen LogP contribution is 2.28. The summed E-state index contributed by atoms with van der Waals surface area (Å²) >= 11 is 11.9. The molecule has 0 unspecified atom stereocenters. The summed E-state index contributed by atoms with van der Waals surface area (Å²) in [6, 6.07) is 1.65. The van der Waals surface area contributed by atoms with E-state index in [0.29, 0.717) is 34.6 Å². The number of aliphatic hydroxyl groups is 1. The zero-order valence-electron chi connectivity index (χ0n) is 9.06. The van der Waals surface area contributed by atoms with Crippen molar-refractivity contribution in [2.45, 2.75) is 13.3 Å². The lowest BCUT2D eigenvalue weighted by molar-refractivity contribution is 0.292. The van der Waals surface area contributed by atoms with Gasteiger partial charge in [-0.05, 0) is 19.4 Å². The molecule has 0 fully saturated rings. The molecule has 6 heteroatoms. The van der Waals surface area contributed by atoms with Gasteiger partial charge in [-0.3, -0.25) is 0 Å². The van der Waals surface area contributed by atoms with E-state index in [2.05, 4.69) is 15.6 Å².